The molecular weight excluding hydrogens is 260 g/mol. The molecule has 0 unspecified atom stereocenters. The Bertz CT molecular complexity index is 537. The van der Waals surface area contributed by atoms with Gasteiger partial charge in [0.25, 0.3) is 0 Å². The van der Waals surface area contributed by atoms with Gasteiger partial charge in [-0.05, 0) is 41.8 Å². The Morgan fingerprint density at radius 2 is 1.05 bits per heavy atom. The zero-order chi connectivity index (χ0) is 14.9. The number of hydrogen-bond donors (Lipinski definition) is 0. The first-order valence-corrected chi connectivity index (χ1v) is 6.93. The standard InChI is InChI=1S/C19H20O2/c1-20-18-12-8-16(9-13-18)6-4-3-5-7-17-10-14-19(21-2)15-11-17/h4-15H,3H2,1-2H3/b6-4+,7-5+. The third-order valence-corrected chi connectivity index (χ3v) is 3.12. The lowest BCUT2D eigenvalue weighted by molar-refractivity contribution is 0.414. The average molecular weight is 280 g/mol. The molecule has 0 aliphatic heterocycles. The molecule has 0 N–H and O–H groups in total. The fourth-order valence-corrected chi connectivity index (χ4v) is 1.92. The molecule has 21 heavy (non-hydrogen) atoms. The van der Waals surface area contributed by atoms with Gasteiger partial charge in [-0.15, -0.1) is 0 Å². The highest BCUT2D eigenvalue weighted by Gasteiger charge is 1.90. The van der Waals surface area contributed by atoms with Crippen molar-refractivity contribution >= 4 is 12.2 Å². The number of ether oxygens (including phenoxy) is 2. The van der Waals surface area contributed by atoms with Crippen LogP contribution >= 0.6 is 0 Å². The van der Waals surface area contributed by atoms with Crippen LogP contribution in [0.2, 0.25) is 0 Å². The van der Waals surface area contributed by atoms with E-state index in [4.69, 9.17) is 9.47 Å². The molecule has 2 aromatic carbocycles. The number of hydrogen-bond acceptors (Lipinski definition) is 2. The van der Waals surface area contributed by atoms with Crippen LogP contribution in [0, 0.1) is 0 Å². The third kappa shape index (κ3) is 4.84. The highest BCUT2D eigenvalue weighted by atomic mass is 16.5. The van der Waals surface area contributed by atoms with Gasteiger partial charge in [0.1, 0.15) is 11.5 Å². The van der Waals surface area contributed by atoms with E-state index in [1.54, 1.807) is 14.2 Å². The normalized spacial score (nSPS) is 11.1. The van der Waals surface area contributed by atoms with Gasteiger partial charge >= 0.3 is 0 Å². The molecule has 0 amide bonds. The van der Waals surface area contributed by atoms with Crippen LogP contribution in [0.15, 0.2) is 60.7 Å². The first-order valence-electron chi connectivity index (χ1n) is 6.93. The van der Waals surface area contributed by atoms with Crippen LogP contribution in [0.25, 0.3) is 12.2 Å². The second-order valence-electron chi connectivity index (χ2n) is 4.59. The molecule has 0 atom stereocenters. The number of benzene rings is 2. The molecule has 0 saturated carbocycles. The third-order valence-electron chi connectivity index (χ3n) is 3.12. The van der Waals surface area contributed by atoms with Crippen molar-refractivity contribution in [3.05, 3.63) is 71.8 Å². The topological polar surface area (TPSA) is 18.5 Å². The summed E-state index contributed by atoms with van der Waals surface area (Å²) in [5.41, 5.74) is 2.35. The van der Waals surface area contributed by atoms with E-state index in [2.05, 4.69) is 24.3 Å². The first kappa shape index (κ1) is 14.9. The van der Waals surface area contributed by atoms with Gasteiger partial charge in [-0.1, -0.05) is 48.6 Å². The van der Waals surface area contributed by atoms with E-state index in [1.165, 1.54) is 11.1 Å². The number of allylic oxidation sites excluding steroid dienone is 2. The van der Waals surface area contributed by atoms with Crippen LogP contribution in [0.1, 0.15) is 17.5 Å². The van der Waals surface area contributed by atoms with Crippen LogP contribution < -0.4 is 9.47 Å². The van der Waals surface area contributed by atoms with Gasteiger partial charge in [0.05, 0.1) is 14.2 Å². The SMILES string of the molecule is COc1ccc(/C=C/C/C=C/c2ccc(OC)cc2)cc1. The van der Waals surface area contributed by atoms with Gasteiger partial charge in [-0.25, -0.2) is 0 Å². The summed E-state index contributed by atoms with van der Waals surface area (Å²) >= 11 is 0. The van der Waals surface area contributed by atoms with Crippen LogP contribution in [-0.2, 0) is 0 Å². The van der Waals surface area contributed by atoms with Crippen molar-refractivity contribution < 1.29 is 9.47 Å². The molecule has 108 valence electrons. The predicted octanol–water partition coefficient (Wildman–Crippen LogP) is 4.82. The van der Waals surface area contributed by atoms with E-state index >= 15 is 0 Å². The van der Waals surface area contributed by atoms with E-state index in [1.807, 2.05) is 48.5 Å². The van der Waals surface area contributed by atoms with Crippen molar-refractivity contribution in [3.63, 3.8) is 0 Å². The van der Waals surface area contributed by atoms with Crippen LogP contribution in [-0.4, -0.2) is 14.2 Å². The van der Waals surface area contributed by atoms with Gasteiger partial charge in [-0.3, -0.25) is 0 Å². The van der Waals surface area contributed by atoms with Gasteiger partial charge in [0.2, 0.25) is 0 Å². The Hall–Kier alpha value is -2.48. The largest absolute Gasteiger partial charge is 0.497 e. The molecule has 0 aliphatic carbocycles. The fraction of sp³-hybridized carbons (Fsp3) is 0.158. The Morgan fingerprint density at radius 3 is 1.38 bits per heavy atom. The molecule has 0 aliphatic rings. The van der Waals surface area contributed by atoms with Crippen molar-refractivity contribution in [2.45, 2.75) is 6.42 Å². The highest BCUT2D eigenvalue weighted by molar-refractivity contribution is 5.53. The van der Waals surface area contributed by atoms with Crippen molar-refractivity contribution in [3.8, 4) is 11.5 Å². The highest BCUT2D eigenvalue weighted by Crippen LogP contribution is 2.14. The summed E-state index contributed by atoms with van der Waals surface area (Å²) in [4.78, 5) is 0. The van der Waals surface area contributed by atoms with Crippen molar-refractivity contribution in [2.75, 3.05) is 14.2 Å². The second kappa shape index (κ2) is 7.95. The number of rotatable bonds is 6. The van der Waals surface area contributed by atoms with E-state index in [9.17, 15) is 0 Å². The molecule has 0 saturated heterocycles. The van der Waals surface area contributed by atoms with Gasteiger partial charge < -0.3 is 9.47 Å². The van der Waals surface area contributed by atoms with E-state index in [0.717, 1.165) is 17.9 Å². The van der Waals surface area contributed by atoms with Gasteiger partial charge in [0.15, 0.2) is 0 Å². The Morgan fingerprint density at radius 1 is 0.667 bits per heavy atom. The van der Waals surface area contributed by atoms with E-state index in [-0.39, 0.29) is 0 Å². The Labute approximate surface area is 126 Å². The lowest BCUT2D eigenvalue weighted by atomic mass is 10.1. The number of methoxy groups -OCH3 is 2. The summed E-state index contributed by atoms with van der Waals surface area (Å²) < 4.78 is 10.3. The quantitative estimate of drug-likeness (QED) is 0.755. The molecule has 0 aromatic heterocycles. The summed E-state index contributed by atoms with van der Waals surface area (Å²) in [6, 6.07) is 16.0. The van der Waals surface area contributed by atoms with Crippen molar-refractivity contribution in [2.24, 2.45) is 0 Å². The summed E-state index contributed by atoms with van der Waals surface area (Å²) in [6.07, 6.45) is 9.40. The summed E-state index contributed by atoms with van der Waals surface area (Å²) in [5.74, 6) is 1.76. The zero-order valence-electron chi connectivity index (χ0n) is 12.5. The monoisotopic (exact) mass is 280 g/mol. The minimum Gasteiger partial charge on any atom is -0.497 e. The maximum absolute atomic E-state index is 5.13. The Kier molecular flexibility index (Phi) is 5.65. The second-order valence-corrected chi connectivity index (χ2v) is 4.59. The summed E-state index contributed by atoms with van der Waals surface area (Å²) in [5, 5.41) is 0. The van der Waals surface area contributed by atoms with Gasteiger partial charge in [-0.2, -0.15) is 0 Å². The maximum atomic E-state index is 5.13. The molecule has 2 heteroatoms. The van der Waals surface area contributed by atoms with Crippen LogP contribution in [0.4, 0.5) is 0 Å². The maximum Gasteiger partial charge on any atom is 0.118 e. The molecule has 0 heterocycles. The van der Waals surface area contributed by atoms with E-state index in [0.29, 0.717) is 0 Å². The lowest BCUT2D eigenvalue weighted by Crippen LogP contribution is -1.81. The first-order chi connectivity index (χ1) is 10.3. The molecular formula is C19H20O2. The Balaban J connectivity index is 1.84. The summed E-state index contributed by atoms with van der Waals surface area (Å²) in [7, 11) is 3.35. The molecule has 0 bridgehead atoms. The minimum atomic E-state index is 0.881. The molecule has 0 fully saturated rings. The summed E-state index contributed by atoms with van der Waals surface area (Å²) in [6.45, 7) is 0. The minimum absolute atomic E-state index is 0.881. The molecule has 0 spiro atoms. The smallest absolute Gasteiger partial charge is 0.118 e. The van der Waals surface area contributed by atoms with E-state index < -0.39 is 0 Å². The van der Waals surface area contributed by atoms with Gasteiger partial charge in [0, 0.05) is 0 Å². The molecule has 2 nitrogen and oxygen atoms in total. The predicted molar refractivity (Wildman–Crippen MR) is 88.7 cm³/mol. The molecule has 2 rings (SSSR count). The molecule has 2 aromatic rings. The van der Waals surface area contributed by atoms with Crippen LogP contribution in [0.3, 0.4) is 0 Å². The zero-order valence-corrected chi connectivity index (χ0v) is 12.5. The molecule has 0 radical (unpaired) electrons. The lowest BCUT2D eigenvalue weighted by Gasteiger charge is -1.99. The fourth-order valence-electron chi connectivity index (χ4n) is 1.92. The average Bonchev–Trinajstić information content (AvgIpc) is 2.55. The van der Waals surface area contributed by atoms with Crippen LogP contribution in [0.5, 0.6) is 11.5 Å². The van der Waals surface area contributed by atoms with Crippen molar-refractivity contribution in [1.82, 2.24) is 0 Å². The van der Waals surface area contributed by atoms with Crippen molar-refractivity contribution in [1.29, 1.82) is 0 Å².